The highest BCUT2D eigenvalue weighted by atomic mass is 16.6. The van der Waals surface area contributed by atoms with Gasteiger partial charge in [-0.25, -0.2) is 0 Å². The number of ether oxygens (including phenoxy) is 2. The SMILES string of the molecule is CC(=O)Oc1cc(O)c2c3c1O[C@H]1[C@@H](N(C)C(=O)CCCCCCCc4ccccc4)CC[C@H]4[C@@H](C2)N(CC2CC2)CC[C@@]341. The minimum Gasteiger partial charge on any atom is -0.508 e. The number of hydrogen-bond donors (Lipinski definition) is 1. The fourth-order valence-electron chi connectivity index (χ4n) is 9.28. The minimum absolute atomic E-state index is 0.0501. The number of benzene rings is 2. The average molecular weight is 601 g/mol. The number of rotatable bonds is 12. The van der Waals surface area contributed by atoms with Gasteiger partial charge in [0.1, 0.15) is 11.9 Å². The van der Waals surface area contributed by atoms with Crippen molar-refractivity contribution in [1.29, 1.82) is 0 Å². The van der Waals surface area contributed by atoms with E-state index in [0.717, 1.165) is 81.5 Å². The van der Waals surface area contributed by atoms with Gasteiger partial charge in [0, 0.05) is 55.6 Å². The second kappa shape index (κ2) is 12.0. The number of carbonyl (C=O) groups excluding carboxylic acids is 2. The van der Waals surface area contributed by atoms with Crippen LogP contribution in [0.15, 0.2) is 36.4 Å². The maximum atomic E-state index is 13.6. The maximum absolute atomic E-state index is 13.6. The number of phenolic OH excluding ortho intramolecular Hbond substituents is 1. The Hall–Kier alpha value is -3.06. The van der Waals surface area contributed by atoms with Crippen LogP contribution in [0, 0.1) is 11.8 Å². The summed E-state index contributed by atoms with van der Waals surface area (Å²) in [5.74, 6) is 2.11. The Balaban J connectivity index is 1.06. The molecule has 3 aliphatic carbocycles. The Morgan fingerprint density at radius 1 is 1.07 bits per heavy atom. The van der Waals surface area contributed by atoms with Gasteiger partial charge in [-0.3, -0.25) is 14.5 Å². The predicted molar refractivity (Wildman–Crippen MR) is 169 cm³/mol. The Morgan fingerprint density at radius 3 is 2.61 bits per heavy atom. The molecule has 236 valence electrons. The Kier molecular flexibility index (Phi) is 8.11. The van der Waals surface area contributed by atoms with E-state index in [0.29, 0.717) is 29.9 Å². The number of aryl methyl sites for hydroxylation is 1. The summed E-state index contributed by atoms with van der Waals surface area (Å²) < 4.78 is 12.5. The summed E-state index contributed by atoms with van der Waals surface area (Å²) in [6.07, 6.45) is 13.3. The third-order valence-corrected chi connectivity index (χ3v) is 11.5. The van der Waals surface area contributed by atoms with Crippen molar-refractivity contribution in [3.05, 3.63) is 53.1 Å². The lowest BCUT2D eigenvalue weighted by atomic mass is 9.50. The van der Waals surface area contributed by atoms with Crippen molar-refractivity contribution in [2.24, 2.45) is 11.8 Å². The number of likely N-dealkylation sites (tertiary alicyclic amines) is 1. The van der Waals surface area contributed by atoms with Crippen LogP contribution in [0.4, 0.5) is 0 Å². The lowest BCUT2D eigenvalue weighted by Gasteiger charge is -2.60. The molecule has 44 heavy (non-hydrogen) atoms. The quantitative estimate of drug-likeness (QED) is 0.178. The van der Waals surface area contributed by atoms with Crippen molar-refractivity contribution >= 4 is 11.9 Å². The topological polar surface area (TPSA) is 79.3 Å². The summed E-state index contributed by atoms with van der Waals surface area (Å²) >= 11 is 0. The van der Waals surface area contributed by atoms with Crippen LogP contribution < -0.4 is 9.47 Å². The molecule has 3 fully saturated rings. The van der Waals surface area contributed by atoms with Crippen molar-refractivity contribution in [2.75, 3.05) is 20.1 Å². The minimum atomic E-state index is -0.426. The van der Waals surface area contributed by atoms with Gasteiger partial charge in [0.05, 0.1) is 6.04 Å². The number of carbonyl (C=O) groups is 2. The van der Waals surface area contributed by atoms with E-state index in [2.05, 4.69) is 35.2 Å². The summed E-state index contributed by atoms with van der Waals surface area (Å²) in [5.41, 5.74) is 3.14. The molecule has 7 heteroatoms. The molecule has 2 aromatic rings. The van der Waals surface area contributed by atoms with Gasteiger partial charge in [-0.1, -0.05) is 49.6 Å². The first-order valence-corrected chi connectivity index (χ1v) is 17.1. The molecule has 7 rings (SSSR count). The lowest BCUT2D eigenvalue weighted by molar-refractivity contribution is -0.140. The normalized spacial score (nSPS) is 28.2. The first-order valence-electron chi connectivity index (χ1n) is 17.1. The summed E-state index contributed by atoms with van der Waals surface area (Å²) in [5, 5.41) is 11.3. The Bertz CT molecular complexity index is 1390. The zero-order valence-corrected chi connectivity index (χ0v) is 26.4. The molecule has 2 aromatic carbocycles. The first kappa shape index (κ1) is 29.6. The predicted octanol–water partition coefficient (Wildman–Crippen LogP) is 6.18. The van der Waals surface area contributed by atoms with Crippen LogP contribution in [0.1, 0.15) is 94.2 Å². The fraction of sp³-hybridized carbons (Fsp3) is 0.622. The van der Waals surface area contributed by atoms with Crippen molar-refractivity contribution in [2.45, 2.75) is 114 Å². The molecule has 0 unspecified atom stereocenters. The van der Waals surface area contributed by atoms with Crippen molar-refractivity contribution < 1.29 is 24.2 Å². The van der Waals surface area contributed by atoms with Crippen LogP contribution in [0.5, 0.6) is 17.2 Å². The van der Waals surface area contributed by atoms with E-state index < -0.39 is 5.97 Å². The molecule has 1 amide bonds. The number of nitrogens with zero attached hydrogens (tertiary/aromatic N) is 2. The number of hydrogen-bond acceptors (Lipinski definition) is 6. The van der Waals surface area contributed by atoms with E-state index in [1.54, 1.807) is 6.07 Å². The van der Waals surface area contributed by atoms with Crippen molar-refractivity contribution in [3.8, 4) is 17.2 Å². The van der Waals surface area contributed by atoms with E-state index in [-0.39, 0.29) is 29.2 Å². The third-order valence-electron chi connectivity index (χ3n) is 11.5. The zero-order valence-electron chi connectivity index (χ0n) is 26.4. The molecule has 5 aliphatic rings. The number of aromatic hydroxyl groups is 1. The van der Waals surface area contributed by atoms with Crippen molar-refractivity contribution in [3.63, 3.8) is 0 Å². The van der Waals surface area contributed by atoms with E-state index in [9.17, 15) is 14.7 Å². The number of piperidine rings is 1. The monoisotopic (exact) mass is 600 g/mol. The molecule has 1 N–H and O–H groups in total. The lowest BCUT2D eigenvalue weighted by Crippen LogP contribution is -2.69. The van der Waals surface area contributed by atoms with Crippen LogP contribution in [0.3, 0.4) is 0 Å². The van der Waals surface area contributed by atoms with Crippen LogP contribution in [-0.2, 0) is 27.8 Å². The largest absolute Gasteiger partial charge is 0.508 e. The van der Waals surface area contributed by atoms with Crippen LogP contribution >= 0.6 is 0 Å². The molecular formula is C37H48N2O5. The first-order chi connectivity index (χ1) is 21.4. The molecule has 1 saturated heterocycles. The average Bonchev–Trinajstić information content (AvgIpc) is 3.77. The maximum Gasteiger partial charge on any atom is 0.308 e. The smallest absolute Gasteiger partial charge is 0.308 e. The molecule has 2 saturated carbocycles. The molecule has 5 atom stereocenters. The summed E-state index contributed by atoms with van der Waals surface area (Å²) in [7, 11) is 1.96. The van der Waals surface area contributed by atoms with Crippen LogP contribution in [-0.4, -0.2) is 65.1 Å². The van der Waals surface area contributed by atoms with Gasteiger partial charge < -0.3 is 19.5 Å². The number of amides is 1. The zero-order chi connectivity index (χ0) is 30.4. The van der Waals surface area contributed by atoms with E-state index >= 15 is 0 Å². The molecule has 2 bridgehead atoms. The van der Waals surface area contributed by atoms with Gasteiger partial charge in [-0.15, -0.1) is 0 Å². The number of likely N-dealkylation sites (N-methyl/N-ethyl adjacent to an activating group) is 1. The van der Waals surface area contributed by atoms with Crippen molar-refractivity contribution in [1.82, 2.24) is 9.80 Å². The molecular weight excluding hydrogens is 552 g/mol. The highest BCUT2D eigenvalue weighted by molar-refractivity contribution is 5.77. The molecule has 2 aliphatic heterocycles. The molecule has 2 heterocycles. The third kappa shape index (κ3) is 5.29. The van der Waals surface area contributed by atoms with E-state index in [1.165, 1.54) is 38.2 Å². The van der Waals surface area contributed by atoms with Gasteiger partial charge in [-0.2, -0.15) is 0 Å². The summed E-state index contributed by atoms with van der Waals surface area (Å²) in [6, 6.07) is 12.5. The molecule has 0 aromatic heterocycles. The number of unbranched alkanes of at least 4 members (excludes halogenated alkanes) is 4. The second-order valence-corrected chi connectivity index (χ2v) is 14.2. The standard InChI is InChI=1S/C37H48N2O5/c1-24(40)43-32-22-31(41)27-21-30-28-17-18-29(36-37(28,34(27)35(32)44-36)19-20-39(30)23-26-15-16-26)38(2)33(42)14-10-5-3-4-7-11-25-12-8-6-9-13-25/h6,8-9,12-13,22,26,28-30,36,41H,3-5,7,10-11,14-21,23H2,1-2H3/t28-,29-,30+,36-,37-/m0/s1. The number of esters is 1. The highest BCUT2D eigenvalue weighted by Crippen LogP contribution is 2.65. The van der Waals surface area contributed by atoms with Gasteiger partial charge in [-0.05, 0) is 81.7 Å². The van der Waals surface area contributed by atoms with E-state index in [4.69, 9.17) is 9.47 Å². The number of phenols is 1. The van der Waals surface area contributed by atoms with Crippen LogP contribution in [0.2, 0.25) is 0 Å². The molecule has 1 spiro atoms. The molecule has 0 radical (unpaired) electrons. The Labute approximate surface area is 261 Å². The summed E-state index contributed by atoms with van der Waals surface area (Å²) in [6.45, 7) is 3.53. The Morgan fingerprint density at radius 2 is 1.84 bits per heavy atom. The van der Waals surface area contributed by atoms with Gasteiger partial charge >= 0.3 is 5.97 Å². The van der Waals surface area contributed by atoms with Gasteiger partial charge in [0.15, 0.2) is 11.5 Å². The highest BCUT2D eigenvalue weighted by Gasteiger charge is 2.67. The van der Waals surface area contributed by atoms with Gasteiger partial charge in [0.2, 0.25) is 5.91 Å². The second-order valence-electron chi connectivity index (χ2n) is 14.2. The summed E-state index contributed by atoms with van der Waals surface area (Å²) in [4.78, 5) is 30.3. The van der Waals surface area contributed by atoms with Gasteiger partial charge in [0.25, 0.3) is 0 Å². The fourth-order valence-corrected chi connectivity index (χ4v) is 9.28. The van der Waals surface area contributed by atoms with Crippen LogP contribution in [0.25, 0.3) is 0 Å². The van der Waals surface area contributed by atoms with E-state index in [1.807, 2.05) is 11.9 Å². The molecule has 7 nitrogen and oxygen atoms in total.